The quantitative estimate of drug-likeness (QED) is 0.110. The number of likely N-dealkylation sites (tertiary alicyclic amines) is 2. The van der Waals surface area contributed by atoms with Crippen LogP contribution >= 0.6 is 39.1 Å². The highest BCUT2D eigenvalue weighted by molar-refractivity contribution is 9.15. The molecule has 2 saturated heterocycles. The Bertz CT molecular complexity index is 2530. The van der Waals surface area contributed by atoms with E-state index in [1.54, 1.807) is 17.9 Å². The van der Waals surface area contributed by atoms with Gasteiger partial charge in [-0.05, 0) is 168 Å². The molecule has 4 aliphatic rings. The number of rotatable bonds is 5. The zero-order valence-electron chi connectivity index (χ0n) is 38.8. The first-order valence-corrected chi connectivity index (χ1v) is 24.3. The molecule has 2 aromatic carbocycles. The highest BCUT2D eigenvalue weighted by Gasteiger charge is 2.38. The molecule has 2 aliphatic carbocycles. The van der Waals surface area contributed by atoms with E-state index in [4.69, 9.17) is 47.4 Å². The Morgan fingerprint density at radius 1 is 0.701 bits per heavy atom. The molecule has 2 aromatic heterocycles. The molecule has 2 atom stereocenters. The van der Waals surface area contributed by atoms with Crippen molar-refractivity contribution in [3.8, 4) is 0 Å². The molecular formula is C54H63BrCl2N4O6. The Kier molecular flexibility index (Phi) is 16.9. The van der Waals surface area contributed by atoms with E-state index in [-0.39, 0.29) is 43.3 Å². The van der Waals surface area contributed by atoms with Gasteiger partial charge < -0.3 is 24.0 Å². The number of hydrogen-bond donors (Lipinski definition) is 0. The molecule has 0 bridgehead atoms. The minimum absolute atomic E-state index is 0. The number of nitrogens with zero attached hydrogens (tertiary/aromatic N) is 4. The third-order valence-corrected chi connectivity index (χ3v) is 13.3. The number of esters is 1. The number of pyridine rings is 2. The first kappa shape index (κ1) is 51.4. The lowest BCUT2D eigenvalue weighted by Gasteiger charge is -2.37. The fraction of sp³-hybridized carbons (Fsp3) is 0.426. The van der Waals surface area contributed by atoms with Gasteiger partial charge in [0.2, 0.25) is 0 Å². The summed E-state index contributed by atoms with van der Waals surface area (Å²) in [7, 11) is 0. The number of hydrogen-bond acceptors (Lipinski definition) is 8. The van der Waals surface area contributed by atoms with E-state index in [1.807, 2.05) is 101 Å². The van der Waals surface area contributed by atoms with Crippen LogP contribution in [0.5, 0.6) is 0 Å². The fourth-order valence-corrected chi connectivity index (χ4v) is 10.3. The molecule has 67 heavy (non-hydrogen) atoms. The molecule has 2 aliphatic heterocycles. The highest BCUT2D eigenvalue weighted by atomic mass is 79.9. The second-order valence-corrected chi connectivity index (χ2v) is 20.9. The van der Waals surface area contributed by atoms with Gasteiger partial charge in [-0.3, -0.25) is 9.97 Å². The van der Waals surface area contributed by atoms with E-state index in [1.165, 1.54) is 11.6 Å². The lowest BCUT2D eigenvalue weighted by Crippen LogP contribution is -2.42. The van der Waals surface area contributed by atoms with Crippen molar-refractivity contribution in [3.05, 3.63) is 140 Å². The van der Waals surface area contributed by atoms with Gasteiger partial charge in [0.1, 0.15) is 11.2 Å². The van der Waals surface area contributed by atoms with Crippen LogP contribution in [0, 0.1) is 11.8 Å². The summed E-state index contributed by atoms with van der Waals surface area (Å²) in [6.07, 6.45) is 14.1. The van der Waals surface area contributed by atoms with Gasteiger partial charge in [-0.1, -0.05) is 70.8 Å². The summed E-state index contributed by atoms with van der Waals surface area (Å²) in [6.45, 7) is 16.1. The van der Waals surface area contributed by atoms with E-state index < -0.39 is 11.2 Å². The Morgan fingerprint density at radius 2 is 1.15 bits per heavy atom. The predicted octanol–water partition coefficient (Wildman–Crippen LogP) is 13.8. The van der Waals surface area contributed by atoms with Crippen LogP contribution in [0.15, 0.2) is 85.2 Å². The summed E-state index contributed by atoms with van der Waals surface area (Å²) in [5.41, 5.74) is 8.53. The summed E-state index contributed by atoms with van der Waals surface area (Å²) >= 11 is 16.5. The molecule has 2 amide bonds. The van der Waals surface area contributed by atoms with E-state index in [0.717, 1.165) is 80.0 Å². The largest absolute Gasteiger partial charge is 0.463 e. The van der Waals surface area contributed by atoms with Crippen LogP contribution in [0.25, 0.3) is 22.2 Å². The number of carbonyl (C=O) groups excluding carboxylic acids is 3. The van der Waals surface area contributed by atoms with Crippen molar-refractivity contribution in [2.75, 3.05) is 32.8 Å². The molecule has 8 rings (SSSR count). The number of allylic oxidation sites excluding steroid dienone is 2. The van der Waals surface area contributed by atoms with Crippen LogP contribution in [0.2, 0.25) is 10.0 Å². The minimum atomic E-state index is -0.518. The number of piperidine rings is 2. The molecule has 0 spiro atoms. The molecule has 13 heteroatoms. The van der Waals surface area contributed by atoms with Crippen LogP contribution in [0.4, 0.5) is 9.59 Å². The Labute approximate surface area is 414 Å². The van der Waals surface area contributed by atoms with Crippen LogP contribution in [0.1, 0.15) is 138 Å². The second kappa shape index (κ2) is 22.0. The molecule has 4 heterocycles. The molecule has 0 saturated carbocycles. The number of aromatic nitrogens is 2. The number of halogens is 3. The highest BCUT2D eigenvalue weighted by Crippen LogP contribution is 2.47. The Morgan fingerprint density at radius 3 is 1.61 bits per heavy atom. The molecule has 2 unspecified atom stereocenters. The van der Waals surface area contributed by atoms with E-state index >= 15 is 0 Å². The van der Waals surface area contributed by atoms with Gasteiger partial charge in [-0.25, -0.2) is 14.4 Å². The van der Waals surface area contributed by atoms with Gasteiger partial charge in [0, 0.05) is 82.1 Å². The fourth-order valence-electron chi connectivity index (χ4n) is 9.36. The maximum Gasteiger partial charge on any atom is 0.410 e. The molecule has 356 valence electrons. The second-order valence-electron chi connectivity index (χ2n) is 19.2. The zero-order valence-corrected chi connectivity index (χ0v) is 41.9. The zero-order chi connectivity index (χ0) is 47.3. The van der Waals surface area contributed by atoms with Crippen molar-refractivity contribution in [1.29, 1.82) is 0 Å². The molecule has 10 nitrogen and oxygen atoms in total. The van der Waals surface area contributed by atoms with Crippen LogP contribution < -0.4 is 0 Å². The van der Waals surface area contributed by atoms with Crippen molar-refractivity contribution in [3.63, 3.8) is 0 Å². The monoisotopic (exact) mass is 1010 g/mol. The maximum absolute atomic E-state index is 12.6. The predicted molar refractivity (Wildman–Crippen MR) is 273 cm³/mol. The third kappa shape index (κ3) is 12.8. The summed E-state index contributed by atoms with van der Waals surface area (Å²) in [6, 6.07) is 20.1. The van der Waals surface area contributed by atoms with Crippen molar-refractivity contribution in [2.24, 2.45) is 11.8 Å². The average molecular weight is 1010 g/mol. The number of amides is 2. The van der Waals surface area contributed by atoms with Crippen LogP contribution in [-0.4, -0.2) is 81.9 Å². The topological polar surface area (TPSA) is 111 Å². The average Bonchev–Trinajstić information content (AvgIpc) is 3.48. The molecule has 2 fully saturated rings. The standard InChI is InChI=1S/C29H33ClN2O4.C24H26BrClN2O2.CH4/c1-5-35-25(33)11-8-20-17-21-18-22(30)9-10-23(21)26(27-24(20)7-6-14-31-27)19-12-15-32(16-13-19)28(34)36-29(2,3)4;1-24(2,3)30-23(29)28-11-8-15(9-12-28)21-18-7-6-17(26)13-16(18)14-20(25)19-5-4-10-27-22(19)21;/h6-11,14,17-19,26H,5,12-13,15-16H2,1-4H3;4-7,10,13-15,21H,8-9,11-12H2,1-3H3;1H4/b11-8+;;. The number of benzene rings is 2. The molecular weight excluding hydrogens is 951 g/mol. The SMILES string of the molecule is C.CC(C)(C)OC(=O)N1CCC(C2c3ccc(Cl)cc3C=C(Br)c3cccnc32)CC1.CCOC(=O)/C=C/C1=Cc2cc(Cl)ccc2C(C2CCN(C(=O)OC(C)(C)C)CC2)c2ncccc21. The van der Waals surface area contributed by atoms with E-state index in [9.17, 15) is 14.4 Å². The molecule has 4 aromatic rings. The Balaban J connectivity index is 0.000000221. The first-order valence-electron chi connectivity index (χ1n) is 22.8. The van der Waals surface area contributed by atoms with Gasteiger partial charge in [0.25, 0.3) is 0 Å². The number of carbonyl (C=O) groups is 3. The molecule has 0 radical (unpaired) electrons. The van der Waals surface area contributed by atoms with Crippen molar-refractivity contribution >= 4 is 79.5 Å². The third-order valence-electron chi connectivity index (χ3n) is 12.2. The molecule has 0 N–H and O–H groups in total. The summed E-state index contributed by atoms with van der Waals surface area (Å²) in [5.74, 6) is 0.452. The van der Waals surface area contributed by atoms with Crippen molar-refractivity contribution in [2.45, 2.75) is 105 Å². The van der Waals surface area contributed by atoms with Gasteiger partial charge in [-0.15, -0.1) is 0 Å². The van der Waals surface area contributed by atoms with Crippen molar-refractivity contribution < 1.29 is 28.6 Å². The Hall–Kier alpha value is -4.97. The van der Waals surface area contributed by atoms with Crippen LogP contribution in [0.3, 0.4) is 0 Å². The maximum atomic E-state index is 12.6. The lowest BCUT2D eigenvalue weighted by atomic mass is 9.76. The van der Waals surface area contributed by atoms with Crippen molar-refractivity contribution in [1.82, 2.24) is 19.8 Å². The first-order chi connectivity index (χ1) is 31.4. The summed E-state index contributed by atoms with van der Waals surface area (Å²) in [4.78, 5) is 50.4. The normalized spacial score (nSPS) is 18.5. The minimum Gasteiger partial charge on any atom is -0.463 e. The summed E-state index contributed by atoms with van der Waals surface area (Å²) in [5, 5.41) is 1.37. The van der Waals surface area contributed by atoms with Gasteiger partial charge >= 0.3 is 18.2 Å². The van der Waals surface area contributed by atoms with Gasteiger partial charge in [0.05, 0.1) is 18.0 Å². The number of fused-ring (bicyclic) bond motifs is 4. The number of ether oxygens (including phenoxy) is 3. The van der Waals surface area contributed by atoms with E-state index in [2.05, 4.69) is 46.3 Å². The smallest absolute Gasteiger partial charge is 0.410 e. The van der Waals surface area contributed by atoms with Gasteiger partial charge in [0.15, 0.2) is 0 Å². The van der Waals surface area contributed by atoms with Gasteiger partial charge in [-0.2, -0.15) is 0 Å². The summed E-state index contributed by atoms with van der Waals surface area (Å²) < 4.78 is 17.3. The lowest BCUT2D eigenvalue weighted by molar-refractivity contribution is -0.137. The van der Waals surface area contributed by atoms with Crippen LogP contribution in [-0.2, 0) is 19.0 Å². The van der Waals surface area contributed by atoms with E-state index in [0.29, 0.717) is 43.7 Å².